The predicted octanol–water partition coefficient (Wildman–Crippen LogP) is 2.84. The minimum absolute atomic E-state index is 0.105. The molecule has 6 heteroatoms. The van der Waals surface area contributed by atoms with E-state index in [0.29, 0.717) is 16.7 Å². The fourth-order valence-electron chi connectivity index (χ4n) is 1.15. The summed E-state index contributed by atoms with van der Waals surface area (Å²) in [6.45, 7) is 5.82. The number of carbonyl (C=O) groups excluding carboxylic acids is 1. The van der Waals surface area contributed by atoms with Crippen LogP contribution in [0.1, 0.15) is 17.3 Å². The number of nitrogens with one attached hydrogen (secondary N) is 2. The molecule has 0 saturated heterocycles. The second kappa shape index (κ2) is 6.20. The first kappa shape index (κ1) is 14.2. The predicted molar refractivity (Wildman–Crippen MR) is 72.9 cm³/mol. The molecule has 0 atom stereocenters. The molecule has 18 heavy (non-hydrogen) atoms. The molecule has 0 aliphatic heterocycles. The SMILES string of the molecule is C=C(C)CNC(=O)Nc1cc(C(=O)O)ccc1Br. The number of anilines is 1. The molecule has 1 rings (SSSR count). The standard InChI is InChI=1S/C12H13BrN2O3/c1-7(2)6-14-12(18)15-10-5-8(11(16)17)3-4-9(10)13/h3-5H,1,6H2,2H3,(H,16,17)(H2,14,15,18). The van der Waals surface area contributed by atoms with Crippen LogP contribution >= 0.6 is 15.9 Å². The van der Waals surface area contributed by atoms with Gasteiger partial charge in [0.05, 0.1) is 11.3 Å². The Morgan fingerprint density at radius 2 is 2.11 bits per heavy atom. The van der Waals surface area contributed by atoms with Gasteiger partial charge in [-0.05, 0) is 41.1 Å². The Labute approximate surface area is 113 Å². The van der Waals surface area contributed by atoms with E-state index >= 15 is 0 Å². The lowest BCUT2D eigenvalue weighted by atomic mass is 10.2. The molecule has 0 aliphatic carbocycles. The lowest BCUT2D eigenvalue weighted by Gasteiger charge is -2.09. The lowest BCUT2D eigenvalue weighted by molar-refractivity contribution is 0.0697. The Morgan fingerprint density at radius 3 is 2.67 bits per heavy atom. The molecule has 0 unspecified atom stereocenters. The molecular weight excluding hydrogens is 300 g/mol. The van der Waals surface area contributed by atoms with Crippen LogP contribution in [0.15, 0.2) is 34.8 Å². The quantitative estimate of drug-likeness (QED) is 0.748. The van der Waals surface area contributed by atoms with Crippen molar-refractivity contribution < 1.29 is 14.7 Å². The van der Waals surface area contributed by atoms with Crippen LogP contribution in [-0.2, 0) is 0 Å². The molecule has 2 amide bonds. The smallest absolute Gasteiger partial charge is 0.335 e. The van der Waals surface area contributed by atoms with E-state index in [2.05, 4.69) is 33.1 Å². The molecule has 1 aromatic carbocycles. The van der Waals surface area contributed by atoms with Crippen LogP contribution in [0.3, 0.4) is 0 Å². The van der Waals surface area contributed by atoms with Crippen molar-refractivity contribution in [2.45, 2.75) is 6.92 Å². The van der Waals surface area contributed by atoms with Crippen molar-refractivity contribution in [3.05, 3.63) is 40.4 Å². The number of carboxylic acid groups (broad SMARTS) is 1. The van der Waals surface area contributed by atoms with Crippen molar-refractivity contribution in [1.82, 2.24) is 5.32 Å². The molecule has 1 aromatic rings. The highest BCUT2D eigenvalue weighted by Gasteiger charge is 2.09. The summed E-state index contributed by atoms with van der Waals surface area (Å²) in [6, 6.07) is 3.98. The fourth-order valence-corrected chi connectivity index (χ4v) is 1.50. The minimum atomic E-state index is -1.05. The third kappa shape index (κ3) is 4.21. The third-order valence-electron chi connectivity index (χ3n) is 2.01. The number of amides is 2. The first-order chi connectivity index (χ1) is 8.40. The summed E-state index contributed by atoms with van der Waals surface area (Å²) >= 11 is 3.24. The topological polar surface area (TPSA) is 78.4 Å². The maximum absolute atomic E-state index is 11.5. The van der Waals surface area contributed by atoms with E-state index in [-0.39, 0.29) is 5.56 Å². The Kier molecular flexibility index (Phi) is 4.91. The fraction of sp³-hybridized carbons (Fsp3) is 0.167. The number of urea groups is 1. The zero-order chi connectivity index (χ0) is 13.7. The molecule has 0 fully saturated rings. The zero-order valence-electron chi connectivity index (χ0n) is 9.79. The minimum Gasteiger partial charge on any atom is -0.478 e. The van der Waals surface area contributed by atoms with Gasteiger partial charge in [-0.15, -0.1) is 0 Å². The molecule has 3 N–H and O–H groups in total. The van der Waals surface area contributed by atoms with Gasteiger partial charge in [0.25, 0.3) is 0 Å². The molecule has 0 aliphatic rings. The number of hydrogen-bond acceptors (Lipinski definition) is 2. The van der Waals surface area contributed by atoms with Crippen molar-refractivity contribution in [3.63, 3.8) is 0 Å². The molecule has 5 nitrogen and oxygen atoms in total. The molecule has 0 heterocycles. The molecule has 0 spiro atoms. The van der Waals surface area contributed by atoms with E-state index in [9.17, 15) is 9.59 Å². The molecule has 0 saturated carbocycles. The van der Waals surface area contributed by atoms with E-state index in [1.807, 2.05) is 0 Å². The van der Waals surface area contributed by atoms with Gasteiger partial charge in [0, 0.05) is 11.0 Å². The Bertz CT molecular complexity index is 500. The van der Waals surface area contributed by atoms with Crippen LogP contribution in [0.25, 0.3) is 0 Å². The van der Waals surface area contributed by atoms with Crippen LogP contribution in [0.2, 0.25) is 0 Å². The van der Waals surface area contributed by atoms with E-state index in [4.69, 9.17) is 5.11 Å². The first-order valence-electron chi connectivity index (χ1n) is 5.12. The highest BCUT2D eigenvalue weighted by molar-refractivity contribution is 9.10. The number of halogens is 1. The van der Waals surface area contributed by atoms with Gasteiger partial charge in [-0.25, -0.2) is 9.59 Å². The van der Waals surface area contributed by atoms with Crippen LogP contribution in [0, 0.1) is 0 Å². The van der Waals surface area contributed by atoms with Gasteiger partial charge >= 0.3 is 12.0 Å². The highest BCUT2D eigenvalue weighted by Crippen LogP contribution is 2.23. The molecule has 0 aromatic heterocycles. The highest BCUT2D eigenvalue weighted by atomic mass is 79.9. The monoisotopic (exact) mass is 312 g/mol. The summed E-state index contributed by atoms with van der Waals surface area (Å²) in [4.78, 5) is 22.3. The van der Waals surface area contributed by atoms with Gasteiger partial charge in [-0.3, -0.25) is 0 Å². The van der Waals surface area contributed by atoms with Gasteiger partial charge in [-0.1, -0.05) is 12.2 Å². The van der Waals surface area contributed by atoms with Gasteiger partial charge in [0.15, 0.2) is 0 Å². The third-order valence-corrected chi connectivity index (χ3v) is 2.70. The van der Waals surface area contributed by atoms with Crippen molar-refractivity contribution in [2.24, 2.45) is 0 Å². The average molecular weight is 313 g/mol. The summed E-state index contributed by atoms with van der Waals surface area (Å²) in [5, 5.41) is 14.0. The van der Waals surface area contributed by atoms with E-state index in [1.54, 1.807) is 13.0 Å². The number of hydrogen-bond donors (Lipinski definition) is 3. The second-order valence-corrected chi connectivity index (χ2v) is 4.62. The van der Waals surface area contributed by atoms with Gasteiger partial charge in [-0.2, -0.15) is 0 Å². The van der Waals surface area contributed by atoms with Crippen LogP contribution < -0.4 is 10.6 Å². The lowest BCUT2D eigenvalue weighted by Crippen LogP contribution is -2.30. The Balaban J connectivity index is 2.77. The Morgan fingerprint density at radius 1 is 1.44 bits per heavy atom. The number of aromatic carboxylic acids is 1. The van der Waals surface area contributed by atoms with Gasteiger partial charge in [0.1, 0.15) is 0 Å². The van der Waals surface area contributed by atoms with Crippen molar-refractivity contribution >= 4 is 33.6 Å². The van der Waals surface area contributed by atoms with E-state index < -0.39 is 12.0 Å². The summed E-state index contributed by atoms with van der Waals surface area (Å²) in [7, 11) is 0. The summed E-state index contributed by atoms with van der Waals surface area (Å²) < 4.78 is 0.609. The van der Waals surface area contributed by atoms with Crippen LogP contribution in [-0.4, -0.2) is 23.7 Å². The second-order valence-electron chi connectivity index (χ2n) is 3.76. The van der Waals surface area contributed by atoms with Crippen molar-refractivity contribution in [2.75, 3.05) is 11.9 Å². The Hall–Kier alpha value is -1.82. The molecular formula is C12H13BrN2O3. The van der Waals surface area contributed by atoms with Crippen molar-refractivity contribution in [1.29, 1.82) is 0 Å². The maximum Gasteiger partial charge on any atom is 0.335 e. The number of carboxylic acids is 1. The van der Waals surface area contributed by atoms with Crippen LogP contribution in [0.5, 0.6) is 0 Å². The average Bonchev–Trinajstić information content (AvgIpc) is 2.29. The van der Waals surface area contributed by atoms with Gasteiger partial charge < -0.3 is 15.7 Å². The number of rotatable bonds is 4. The number of benzene rings is 1. The maximum atomic E-state index is 11.5. The van der Waals surface area contributed by atoms with Gasteiger partial charge in [0.2, 0.25) is 0 Å². The summed E-state index contributed by atoms with van der Waals surface area (Å²) in [6.07, 6.45) is 0. The number of carbonyl (C=O) groups is 2. The first-order valence-corrected chi connectivity index (χ1v) is 5.91. The van der Waals surface area contributed by atoms with E-state index in [0.717, 1.165) is 5.57 Å². The molecule has 0 bridgehead atoms. The normalized spacial score (nSPS) is 9.67. The largest absolute Gasteiger partial charge is 0.478 e. The summed E-state index contributed by atoms with van der Waals surface area (Å²) in [5.74, 6) is -1.05. The molecule has 0 radical (unpaired) electrons. The van der Waals surface area contributed by atoms with Crippen LogP contribution in [0.4, 0.5) is 10.5 Å². The summed E-state index contributed by atoms with van der Waals surface area (Å²) in [5.41, 5.74) is 1.33. The van der Waals surface area contributed by atoms with E-state index in [1.165, 1.54) is 12.1 Å². The van der Waals surface area contributed by atoms with Crippen molar-refractivity contribution in [3.8, 4) is 0 Å². The molecule has 96 valence electrons. The zero-order valence-corrected chi connectivity index (χ0v) is 11.4.